The first-order valence-electron chi connectivity index (χ1n) is 12.4. The SMILES string of the molecule is COc1cc(C=CCC2OC(CO)C(O)C(O)C2O)c(OC)cc1C=CCC1OC(CO)C(O)C(O)C1O. The van der Waals surface area contributed by atoms with Gasteiger partial charge >= 0.3 is 0 Å². The van der Waals surface area contributed by atoms with Gasteiger partial charge in [0.2, 0.25) is 0 Å². The van der Waals surface area contributed by atoms with Gasteiger partial charge in [-0.2, -0.15) is 0 Å². The predicted octanol–water partition coefficient (Wildman–Crippen LogP) is -1.80. The number of hydrogen-bond acceptors (Lipinski definition) is 12. The number of aliphatic hydroxyl groups is 8. The van der Waals surface area contributed by atoms with E-state index in [9.17, 15) is 40.9 Å². The van der Waals surface area contributed by atoms with E-state index in [2.05, 4.69) is 0 Å². The molecule has 0 radical (unpaired) electrons. The summed E-state index contributed by atoms with van der Waals surface area (Å²) in [4.78, 5) is 0. The molecule has 0 spiro atoms. The zero-order chi connectivity index (χ0) is 28.0. The molecule has 214 valence electrons. The number of benzene rings is 1. The van der Waals surface area contributed by atoms with Crippen LogP contribution in [0, 0.1) is 0 Å². The summed E-state index contributed by atoms with van der Waals surface area (Å²) in [6.45, 7) is -0.997. The molecule has 12 nitrogen and oxygen atoms in total. The molecule has 0 aliphatic carbocycles. The summed E-state index contributed by atoms with van der Waals surface area (Å²) in [5.74, 6) is 1.01. The molecule has 10 atom stereocenters. The fraction of sp³-hybridized carbons (Fsp3) is 0.615. The summed E-state index contributed by atoms with van der Waals surface area (Å²) in [5, 5.41) is 78.9. The normalized spacial score (nSPS) is 36.2. The van der Waals surface area contributed by atoms with Gasteiger partial charge in [0.05, 0.1) is 39.6 Å². The largest absolute Gasteiger partial charge is 0.496 e. The maximum absolute atomic E-state index is 10.2. The van der Waals surface area contributed by atoms with Crippen molar-refractivity contribution in [2.75, 3.05) is 27.4 Å². The molecular formula is C26H38O12. The average molecular weight is 543 g/mol. The second-order valence-electron chi connectivity index (χ2n) is 9.35. The lowest BCUT2D eigenvalue weighted by molar-refractivity contribution is -0.227. The molecule has 1 aromatic carbocycles. The minimum atomic E-state index is -1.44. The Balaban J connectivity index is 1.71. The number of hydrogen-bond donors (Lipinski definition) is 8. The Kier molecular flexibility index (Phi) is 11.1. The second kappa shape index (κ2) is 13.8. The van der Waals surface area contributed by atoms with Crippen LogP contribution >= 0.6 is 0 Å². The third-order valence-electron chi connectivity index (χ3n) is 6.90. The Morgan fingerprint density at radius 3 is 1.26 bits per heavy atom. The first-order valence-corrected chi connectivity index (χ1v) is 12.4. The van der Waals surface area contributed by atoms with Gasteiger partial charge in [0.15, 0.2) is 0 Å². The maximum atomic E-state index is 10.2. The zero-order valence-electron chi connectivity index (χ0n) is 21.3. The number of methoxy groups -OCH3 is 2. The molecule has 0 amide bonds. The van der Waals surface area contributed by atoms with Crippen molar-refractivity contribution >= 4 is 12.2 Å². The van der Waals surface area contributed by atoms with E-state index in [1.54, 1.807) is 36.4 Å². The van der Waals surface area contributed by atoms with Gasteiger partial charge in [-0.25, -0.2) is 0 Å². The van der Waals surface area contributed by atoms with Crippen LogP contribution in [-0.4, -0.2) is 129 Å². The van der Waals surface area contributed by atoms with E-state index in [1.165, 1.54) is 14.2 Å². The van der Waals surface area contributed by atoms with E-state index in [0.29, 0.717) is 22.6 Å². The van der Waals surface area contributed by atoms with E-state index >= 15 is 0 Å². The van der Waals surface area contributed by atoms with Gasteiger partial charge in [-0.15, -0.1) is 0 Å². The molecule has 2 saturated heterocycles. The lowest BCUT2D eigenvalue weighted by atomic mass is 9.93. The second-order valence-corrected chi connectivity index (χ2v) is 9.35. The van der Waals surface area contributed by atoms with Crippen molar-refractivity contribution in [2.45, 2.75) is 73.9 Å². The molecule has 12 heteroatoms. The van der Waals surface area contributed by atoms with E-state index in [1.807, 2.05) is 0 Å². The van der Waals surface area contributed by atoms with Crippen LogP contribution in [0.2, 0.25) is 0 Å². The van der Waals surface area contributed by atoms with Gasteiger partial charge in [-0.1, -0.05) is 24.3 Å². The van der Waals surface area contributed by atoms with Crippen molar-refractivity contribution in [3.05, 3.63) is 35.4 Å². The third-order valence-corrected chi connectivity index (χ3v) is 6.90. The fourth-order valence-corrected chi connectivity index (χ4v) is 4.61. The molecule has 0 bridgehead atoms. The Morgan fingerprint density at radius 2 is 0.947 bits per heavy atom. The third kappa shape index (κ3) is 6.72. The molecule has 0 aromatic heterocycles. The Bertz CT molecular complexity index is 873. The van der Waals surface area contributed by atoms with Crippen LogP contribution in [0.25, 0.3) is 12.2 Å². The Labute approximate surface area is 220 Å². The van der Waals surface area contributed by atoms with E-state index in [0.717, 1.165) is 0 Å². The standard InChI is InChI=1S/C26H38O12/c1-35-17-9-14(6-4-8-16-22(30)26(34)24(32)20(12-28)38-16)18(36-2)10-13(17)5-3-7-15-21(29)25(33)23(31)19(11-27)37-15/h3-6,9-10,15-16,19-34H,7-8,11-12H2,1-2H3. The van der Waals surface area contributed by atoms with Gasteiger partial charge in [0, 0.05) is 11.1 Å². The zero-order valence-corrected chi connectivity index (χ0v) is 21.3. The topological polar surface area (TPSA) is 199 Å². The van der Waals surface area contributed by atoms with E-state index in [4.69, 9.17) is 18.9 Å². The van der Waals surface area contributed by atoms with Crippen LogP contribution in [0.15, 0.2) is 24.3 Å². The van der Waals surface area contributed by atoms with Crippen LogP contribution < -0.4 is 9.47 Å². The molecule has 2 aliphatic rings. The highest BCUT2D eigenvalue weighted by Crippen LogP contribution is 2.32. The Morgan fingerprint density at radius 1 is 0.605 bits per heavy atom. The summed E-state index contributed by atoms with van der Waals surface area (Å²) < 4.78 is 22.0. The van der Waals surface area contributed by atoms with Crippen molar-refractivity contribution in [1.29, 1.82) is 0 Å². The van der Waals surface area contributed by atoms with Crippen LogP contribution in [0.5, 0.6) is 11.5 Å². The van der Waals surface area contributed by atoms with Gasteiger partial charge in [0.25, 0.3) is 0 Å². The summed E-state index contributed by atoms with van der Waals surface area (Å²) >= 11 is 0. The molecule has 8 N–H and O–H groups in total. The van der Waals surface area contributed by atoms with E-state index in [-0.39, 0.29) is 12.8 Å². The molecule has 1 aromatic rings. The Hall–Kier alpha value is -2.10. The van der Waals surface area contributed by atoms with Crippen molar-refractivity contribution in [2.24, 2.45) is 0 Å². The first-order chi connectivity index (χ1) is 18.2. The highest BCUT2D eigenvalue weighted by Gasteiger charge is 2.43. The van der Waals surface area contributed by atoms with Crippen molar-refractivity contribution < 1.29 is 59.8 Å². The van der Waals surface area contributed by atoms with Crippen molar-refractivity contribution in [3.63, 3.8) is 0 Å². The van der Waals surface area contributed by atoms with Gasteiger partial charge in [-0.3, -0.25) is 0 Å². The summed E-state index contributed by atoms with van der Waals surface area (Å²) in [6, 6.07) is 3.46. The quantitative estimate of drug-likeness (QED) is 0.165. The van der Waals surface area contributed by atoms with Crippen LogP contribution in [0.3, 0.4) is 0 Å². The minimum Gasteiger partial charge on any atom is -0.496 e. The van der Waals surface area contributed by atoms with Crippen molar-refractivity contribution in [3.8, 4) is 11.5 Å². The van der Waals surface area contributed by atoms with Gasteiger partial charge < -0.3 is 59.8 Å². The molecule has 3 rings (SSSR count). The summed E-state index contributed by atoms with van der Waals surface area (Å²) in [5.41, 5.74) is 1.31. The molecule has 2 heterocycles. The average Bonchev–Trinajstić information content (AvgIpc) is 2.93. The number of rotatable bonds is 10. The molecule has 2 aliphatic heterocycles. The van der Waals surface area contributed by atoms with Gasteiger partial charge in [0.1, 0.15) is 60.3 Å². The maximum Gasteiger partial charge on any atom is 0.126 e. The molecule has 10 unspecified atom stereocenters. The van der Waals surface area contributed by atoms with Crippen LogP contribution in [-0.2, 0) is 9.47 Å². The summed E-state index contributed by atoms with van der Waals surface area (Å²) in [6.07, 6.45) is -4.75. The smallest absolute Gasteiger partial charge is 0.126 e. The fourth-order valence-electron chi connectivity index (χ4n) is 4.61. The van der Waals surface area contributed by atoms with E-state index < -0.39 is 74.3 Å². The molecule has 2 fully saturated rings. The molecular weight excluding hydrogens is 504 g/mol. The molecule has 0 saturated carbocycles. The highest BCUT2D eigenvalue weighted by atomic mass is 16.6. The lowest BCUT2D eigenvalue weighted by Gasteiger charge is -2.39. The summed E-state index contributed by atoms with van der Waals surface area (Å²) in [7, 11) is 3.00. The van der Waals surface area contributed by atoms with Crippen LogP contribution in [0.1, 0.15) is 24.0 Å². The lowest BCUT2D eigenvalue weighted by Crippen LogP contribution is -2.58. The van der Waals surface area contributed by atoms with Crippen LogP contribution in [0.4, 0.5) is 0 Å². The van der Waals surface area contributed by atoms with Crippen molar-refractivity contribution in [1.82, 2.24) is 0 Å². The monoisotopic (exact) mass is 542 g/mol. The first kappa shape index (κ1) is 30.4. The predicted molar refractivity (Wildman–Crippen MR) is 134 cm³/mol. The van der Waals surface area contributed by atoms with Gasteiger partial charge in [-0.05, 0) is 25.0 Å². The minimum absolute atomic E-state index is 0.188. The number of ether oxygens (including phenoxy) is 4. The number of aliphatic hydroxyl groups excluding tert-OH is 8. The molecule has 38 heavy (non-hydrogen) atoms. The highest BCUT2D eigenvalue weighted by molar-refractivity contribution is 5.68.